The summed E-state index contributed by atoms with van der Waals surface area (Å²) in [6, 6.07) is 4.40. The Kier molecular flexibility index (Phi) is 3.57. The number of pyridine rings is 1. The molecule has 1 N–H and O–H groups in total. The first-order valence-electron chi connectivity index (χ1n) is 7.34. The first-order valence-corrected chi connectivity index (χ1v) is 7.34. The Bertz CT molecular complexity index is 555. The van der Waals surface area contributed by atoms with E-state index in [1.54, 1.807) is 0 Å². The van der Waals surface area contributed by atoms with Gasteiger partial charge in [-0.2, -0.15) is 0 Å². The monoisotopic (exact) mass is 270 g/mol. The molecular formula is C16H22N4. The summed E-state index contributed by atoms with van der Waals surface area (Å²) in [6.07, 6.45) is 10.1. The zero-order valence-corrected chi connectivity index (χ0v) is 12.2. The van der Waals surface area contributed by atoms with Crippen LogP contribution in [0, 0.1) is 0 Å². The van der Waals surface area contributed by atoms with Crippen molar-refractivity contribution in [1.29, 1.82) is 0 Å². The molecule has 0 bridgehead atoms. The van der Waals surface area contributed by atoms with Crippen LogP contribution in [0.2, 0.25) is 0 Å². The molecule has 106 valence electrons. The highest BCUT2D eigenvalue weighted by atomic mass is 15.1. The van der Waals surface area contributed by atoms with Crippen molar-refractivity contribution in [2.75, 3.05) is 13.1 Å². The van der Waals surface area contributed by atoms with Crippen LogP contribution in [0.5, 0.6) is 0 Å². The first-order chi connectivity index (χ1) is 9.71. The van der Waals surface area contributed by atoms with Crippen molar-refractivity contribution in [2.45, 2.75) is 38.1 Å². The van der Waals surface area contributed by atoms with Gasteiger partial charge in [0.15, 0.2) is 0 Å². The van der Waals surface area contributed by atoms with E-state index in [2.05, 4.69) is 39.8 Å². The topological polar surface area (TPSA) is 42.7 Å². The summed E-state index contributed by atoms with van der Waals surface area (Å²) in [4.78, 5) is 8.64. The minimum absolute atomic E-state index is 0.220. The summed E-state index contributed by atoms with van der Waals surface area (Å²) in [6.45, 7) is 6.75. The summed E-state index contributed by atoms with van der Waals surface area (Å²) < 4.78 is 2.31. The maximum Gasteiger partial charge on any atom is 0.0954 e. The van der Waals surface area contributed by atoms with Crippen molar-refractivity contribution in [3.63, 3.8) is 0 Å². The summed E-state index contributed by atoms with van der Waals surface area (Å²) in [5.41, 5.74) is 2.79. The Hall–Kier alpha value is -1.68. The molecule has 0 spiro atoms. The lowest BCUT2D eigenvalue weighted by Gasteiger charge is -2.35. The fourth-order valence-corrected chi connectivity index (χ4v) is 3.10. The lowest BCUT2D eigenvalue weighted by Crippen LogP contribution is -2.39. The van der Waals surface area contributed by atoms with Gasteiger partial charge in [0.1, 0.15) is 0 Å². The number of piperidine rings is 1. The maximum absolute atomic E-state index is 4.41. The van der Waals surface area contributed by atoms with Crippen molar-refractivity contribution in [3.8, 4) is 0 Å². The fourth-order valence-electron chi connectivity index (χ4n) is 3.10. The molecule has 1 unspecified atom stereocenters. The highest BCUT2D eigenvalue weighted by Crippen LogP contribution is 2.34. The van der Waals surface area contributed by atoms with Gasteiger partial charge >= 0.3 is 0 Å². The second kappa shape index (κ2) is 5.37. The lowest BCUT2D eigenvalue weighted by molar-refractivity contribution is 0.314. The van der Waals surface area contributed by atoms with E-state index >= 15 is 0 Å². The standard InChI is InChI=1S/C16H22N4/c1-13(14-4-3-7-18-10-14)20-12-19-11-15(20)16(2)5-8-17-9-6-16/h3-4,7,10-13,17H,5-6,8-9H2,1-2H3. The number of aromatic nitrogens is 3. The molecule has 0 saturated carbocycles. The maximum atomic E-state index is 4.41. The third kappa shape index (κ3) is 2.36. The molecule has 4 nitrogen and oxygen atoms in total. The van der Waals surface area contributed by atoms with Gasteiger partial charge in [0.2, 0.25) is 0 Å². The largest absolute Gasteiger partial charge is 0.327 e. The third-order valence-corrected chi connectivity index (χ3v) is 4.58. The van der Waals surface area contributed by atoms with E-state index in [0.29, 0.717) is 0 Å². The number of imidazole rings is 1. The second-order valence-electron chi connectivity index (χ2n) is 5.96. The Labute approximate surface area is 120 Å². The molecule has 2 aromatic rings. The number of nitrogens with zero attached hydrogens (tertiary/aromatic N) is 3. The smallest absolute Gasteiger partial charge is 0.0954 e. The van der Waals surface area contributed by atoms with Crippen molar-refractivity contribution in [1.82, 2.24) is 19.9 Å². The van der Waals surface area contributed by atoms with Gasteiger partial charge < -0.3 is 9.88 Å². The predicted molar refractivity (Wildman–Crippen MR) is 79.7 cm³/mol. The minimum atomic E-state index is 0.220. The van der Waals surface area contributed by atoms with E-state index in [0.717, 1.165) is 13.1 Å². The highest BCUT2D eigenvalue weighted by Gasteiger charge is 2.32. The summed E-state index contributed by atoms with van der Waals surface area (Å²) in [5, 5.41) is 3.44. The van der Waals surface area contributed by atoms with Crippen molar-refractivity contribution in [2.24, 2.45) is 0 Å². The third-order valence-electron chi connectivity index (χ3n) is 4.58. The summed E-state index contributed by atoms with van der Waals surface area (Å²) >= 11 is 0. The van der Waals surface area contributed by atoms with E-state index in [9.17, 15) is 0 Å². The van der Waals surface area contributed by atoms with E-state index in [1.807, 2.05) is 31.0 Å². The molecule has 0 amide bonds. The number of hydrogen-bond donors (Lipinski definition) is 1. The van der Waals surface area contributed by atoms with Crippen LogP contribution >= 0.6 is 0 Å². The molecule has 0 radical (unpaired) electrons. The Morgan fingerprint density at radius 1 is 1.25 bits per heavy atom. The molecular weight excluding hydrogens is 248 g/mol. The van der Waals surface area contributed by atoms with Crippen LogP contribution in [0.4, 0.5) is 0 Å². The van der Waals surface area contributed by atoms with Gasteiger partial charge in [-0.1, -0.05) is 13.0 Å². The molecule has 20 heavy (non-hydrogen) atoms. The normalized spacial score (nSPS) is 19.7. The molecule has 0 aromatic carbocycles. The van der Waals surface area contributed by atoms with Gasteiger partial charge in [-0.15, -0.1) is 0 Å². The minimum Gasteiger partial charge on any atom is -0.327 e. The Morgan fingerprint density at radius 2 is 2.05 bits per heavy atom. The van der Waals surface area contributed by atoms with Gasteiger partial charge in [0.25, 0.3) is 0 Å². The van der Waals surface area contributed by atoms with Crippen LogP contribution < -0.4 is 5.32 Å². The molecule has 4 heteroatoms. The van der Waals surface area contributed by atoms with Gasteiger partial charge in [-0.05, 0) is 44.5 Å². The van der Waals surface area contributed by atoms with Crippen LogP contribution in [0.1, 0.15) is 44.0 Å². The quantitative estimate of drug-likeness (QED) is 0.932. The lowest BCUT2D eigenvalue weighted by atomic mass is 9.78. The van der Waals surface area contributed by atoms with E-state index in [-0.39, 0.29) is 11.5 Å². The number of rotatable bonds is 3. The van der Waals surface area contributed by atoms with Crippen LogP contribution in [-0.4, -0.2) is 27.6 Å². The predicted octanol–water partition coefficient (Wildman–Crippen LogP) is 2.53. The van der Waals surface area contributed by atoms with Crippen molar-refractivity contribution in [3.05, 3.63) is 48.3 Å². The average Bonchev–Trinajstić information content (AvgIpc) is 2.98. The van der Waals surface area contributed by atoms with Crippen molar-refractivity contribution < 1.29 is 0 Å². The van der Waals surface area contributed by atoms with E-state index < -0.39 is 0 Å². The Morgan fingerprint density at radius 3 is 2.75 bits per heavy atom. The SMILES string of the molecule is CC(c1cccnc1)n1cncc1C1(C)CCNCC1. The van der Waals surface area contributed by atoms with Crippen LogP contribution in [0.15, 0.2) is 37.1 Å². The molecule has 1 atom stereocenters. The molecule has 1 aliphatic rings. The first kappa shape index (κ1) is 13.3. The van der Waals surface area contributed by atoms with Gasteiger partial charge in [0, 0.05) is 29.7 Å². The average molecular weight is 270 g/mol. The summed E-state index contributed by atoms with van der Waals surface area (Å²) in [5.74, 6) is 0. The zero-order chi connectivity index (χ0) is 14.0. The number of hydrogen-bond acceptors (Lipinski definition) is 3. The molecule has 2 aromatic heterocycles. The van der Waals surface area contributed by atoms with Crippen LogP contribution in [0.25, 0.3) is 0 Å². The van der Waals surface area contributed by atoms with Gasteiger partial charge in [0.05, 0.1) is 12.4 Å². The molecule has 1 aliphatic heterocycles. The summed E-state index contributed by atoms with van der Waals surface area (Å²) in [7, 11) is 0. The van der Waals surface area contributed by atoms with Gasteiger partial charge in [-0.3, -0.25) is 4.98 Å². The van der Waals surface area contributed by atoms with E-state index in [4.69, 9.17) is 0 Å². The second-order valence-corrected chi connectivity index (χ2v) is 5.96. The van der Waals surface area contributed by atoms with Crippen LogP contribution in [0.3, 0.4) is 0 Å². The molecule has 1 saturated heterocycles. The zero-order valence-electron chi connectivity index (χ0n) is 12.2. The molecule has 3 heterocycles. The number of nitrogens with one attached hydrogen (secondary N) is 1. The molecule has 3 rings (SSSR count). The fraction of sp³-hybridized carbons (Fsp3) is 0.500. The molecule has 1 fully saturated rings. The van der Waals surface area contributed by atoms with Crippen molar-refractivity contribution >= 4 is 0 Å². The molecule has 0 aliphatic carbocycles. The van der Waals surface area contributed by atoms with E-state index in [1.165, 1.54) is 24.1 Å². The Balaban J connectivity index is 1.94. The van der Waals surface area contributed by atoms with Gasteiger partial charge in [-0.25, -0.2) is 4.98 Å². The van der Waals surface area contributed by atoms with Crippen LogP contribution in [-0.2, 0) is 5.41 Å². The highest BCUT2D eigenvalue weighted by molar-refractivity contribution is 5.21.